The molecule has 0 radical (unpaired) electrons. The Bertz CT molecular complexity index is 896. The number of carbonyl (C=O) groups excluding carboxylic acids is 1. The van der Waals surface area contributed by atoms with E-state index in [1.165, 1.54) is 23.1 Å². The third-order valence-electron chi connectivity index (χ3n) is 3.38. The number of anilines is 1. The van der Waals surface area contributed by atoms with Crippen LogP contribution in [-0.4, -0.2) is 23.2 Å². The molecule has 0 saturated carbocycles. The number of ether oxygens (including phenoxy) is 1. The predicted octanol–water partition coefficient (Wildman–Crippen LogP) is 5.40. The van der Waals surface area contributed by atoms with Crippen molar-refractivity contribution in [3.05, 3.63) is 63.6 Å². The van der Waals surface area contributed by atoms with Crippen molar-refractivity contribution in [2.24, 2.45) is 0 Å². The number of amides is 1. The smallest absolute Gasteiger partial charge is 0.257 e. The number of nitrogens with zero attached hydrogens (tertiary/aromatic N) is 2. The van der Waals surface area contributed by atoms with Gasteiger partial charge in [0.05, 0.1) is 7.11 Å². The quantitative estimate of drug-likeness (QED) is 0.423. The number of hydrogen-bond donors (Lipinski definition) is 1. The number of rotatable bonds is 6. The van der Waals surface area contributed by atoms with Crippen LogP contribution >= 0.6 is 46.3 Å². The van der Waals surface area contributed by atoms with Crippen molar-refractivity contribution in [1.82, 2.24) is 10.2 Å². The molecule has 0 saturated heterocycles. The number of aromatic nitrogens is 2. The minimum absolute atomic E-state index is 0.255. The molecular formula is C17H13Cl2N3O2S2. The van der Waals surface area contributed by atoms with Gasteiger partial charge in [-0.3, -0.25) is 10.1 Å². The molecule has 0 atom stereocenters. The van der Waals surface area contributed by atoms with Crippen LogP contribution in [0.15, 0.2) is 46.8 Å². The average Bonchev–Trinajstić information content (AvgIpc) is 3.08. The monoisotopic (exact) mass is 425 g/mol. The van der Waals surface area contributed by atoms with E-state index in [-0.39, 0.29) is 5.91 Å². The van der Waals surface area contributed by atoms with Crippen molar-refractivity contribution in [1.29, 1.82) is 0 Å². The first-order valence-corrected chi connectivity index (χ1v) is 9.97. The fourth-order valence-corrected chi connectivity index (χ4v) is 4.52. The molecule has 2 aromatic carbocycles. The zero-order valence-electron chi connectivity index (χ0n) is 13.5. The summed E-state index contributed by atoms with van der Waals surface area (Å²) in [6.07, 6.45) is 0. The molecule has 1 amide bonds. The maximum atomic E-state index is 12.2. The number of methoxy groups -OCH3 is 1. The van der Waals surface area contributed by atoms with Crippen molar-refractivity contribution in [3.8, 4) is 5.75 Å². The number of benzene rings is 2. The summed E-state index contributed by atoms with van der Waals surface area (Å²) in [5.41, 5.74) is 1.36. The molecule has 0 aliphatic carbocycles. The van der Waals surface area contributed by atoms with Crippen molar-refractivity contribution < 1.29 is 9.53 Å². The zero-order valence-corrected chi connectivity index (χ0v) is 16.7. The Morgan fingerprint density at radius 1 is 1.15 bits per heavy atom. The van der Waals surface area contributed by atoms with Gasteiger partial charge in [-0.1, -0.05) is 52.4 Å². The molecule has 9 heteroatoms. The number of halogens is 2. The van der Waals surface area contributed by atoms with Crippen LogP contribution in [0.25, 0.3) is 0 Å². The molecule has 0 bridgehead atoms. The molecule has 3 aromatic rings. The van der Waals surface area contributed by atoms with Gasteiger partial charge in [-0.2, -0.15) is 0 Å². The predicted molar refractivity (Wildman–Crippen MR) is 107 cm³/mol. The van der Waals surface area contributed by atoms with Crippen molar-refractivity contribution >= 4 is 57.3 Å². The summed E-state index contributed by atoms with van der Waals surface area (Å²) in [6, 6.07) is 12.2. The molecule has 5 nitrogen and oxygen atoms in total. The van der Waals surface area contributed by atoms with E-state index in [1.54, 1.807) is 49.6 Å². The lowest BCUT2D eigenvalue weighted by atomic mass is 10.2. The summed E-state index contributed by atoms with van der Waals surface area (Å²) in [5.74, 6) is 1.00. The van der Waals surface area contributed by atoms with Gasteiger partial charge in [-0.05, 0) is 42.0 Å². The summed E-state index contributed by atoms with van der Waals surface area (Å²) in [5, 5.41) is 12.5. The van der Waals surface area contributed by atoms with E-state index >= 15 is 0 Å². The molecule has 0 aliphatic rings. The Hall–Kier alpha value is -1.80. The number of thioether (sulfide) groups is 1. The van der Waals surface area contributed by atoms with Crippen LogP contribution < -0.4 is 10.1 Å². The van der Waals surface area contributed by atoms with Gasteiger partial charge in [0.15, 0.2) is 4.34 Å². The highest BCUT2D eigenvalue weighted by atomic mass is 35.5. The Labute approximate surface area is 168 Å². The number of carbonyl (C=O) groups is 1. The maximum absolute atomic E-state index is 12.2. The zero-order chi connectivity index (χ0) is 18.5. The van der Waals surface area contributed by atoms with Crippen LogP contribution in [0.2, 0.25) is 10.0 Å². The number of hydrogen-bond acceptors (Lipinski definition) is 6. The first-order chi connectivity index (χ1) is 12.6. The van der Waals surface area contributed by atoms with Crippen LogP contribution in [0.4, 0.5) is 5.13 Å². The van der Waals surface area contributed by atoms with Gasteiger partial charge >= 0.3 is 0 Å². The molecule has 0 fully saturated rings. The Morgan fingerprint density at radius 3 is 2.50 bits per heavy atom. The largest absolute Gasteiger partial charge is 0.497 e. The molecular weight excluding hydrogens is 413 g/mol. The lowest BCUT2D eigenvalue weighted by Crippen LogP contribution is -2.11. The van der Waals surface area contributed by atoms with Crippen LogP contribution in [0.5, 0.6) is 5.75 Å². The first kappa shape index (κ1) is 19.0. The van der Waals surface area contributed by atoms with Crippen LogP contribution in [0.1, 0.15) is 15.9 Å². The van der Waals surface area contributed by atoms with E-state index in [4.69, 9.17) is 27.9 Å². The van der Waals surface area contributed by atoms with Gasteiger partial charge in [0.25, 0.3) is 5.91 Å². The summed E-state index contributed by atoms with van der Waals surface area (Å²) in [4.78, 5) is 12.2. The minimum Gasteiger partial charge on any atom is -0.497 e. The normalized spacial score (nSPS) is 10.6. The van der Waals surface area contributed by atoms with E-state index in [2.05, 4.69) is 15.5 Å². The molecule has 1 aromatic heterocycles. The van der Waals surface area contributed by atoms with Crippen molar-refractivity contribution in [3.63, 3.8) is 0 Å². The second-order valence-electron chi connectivity index (χ2n) is 5.04. The SMILES string of the molecule is COc1ccc(C(=O)Nc2nnc(SCc3c(Cl)cccc3Cl)s2)cc1. The van der Waals surface area contributed by atoms with Gasteiger partial charge in [-0.15, -0.1) is 10.2 Å². The first-order valence-electron chi connectivity index (χ1n) is 7.41. The fourth-order valence-electron chi connectivity index (χ4n) is 2.03. The van der Waals surface area contributed by atoms with Crippen LogP contribution in [0, 0.1) is 0 Å². The van der Waals surface area contributed by atoms with E-state index in [1.807, 2.05) is 0 Å². The Morgan fingerprint density at radius 2 is 1.85 bits per heavy atom. The third-order valence-corrected chi connectivity index (χ3v) is 6.09. The fraction of sp³-hybridized carbons (Fsp3) is 0.118. The molecule has 1 N–H and O–H groups in total. The second-order valence-corrected chi connectivity index (χ2v) is 8.06. The minimum atomic E-state index is -0.255. The van der Waals surface area contributed by atoms with Gasteiger partial charge in [0.1, 0.15) is 5.75 Å². The number of nitrogens with one attached hydrogen (secondary N) is 1. The highest BCUT2D eigenvalue weighted by molar-refractivity contribution is 8.00. The average molecular weight is 426 g/mol. The lowest BCUT2D eigenvalue weighted by molar-refractivity contribution is 0.102. The molecule has 0 spiro atoms. The Balaban J connectivity index is 1.61. The Kier molecular flexibility index (Phi) is 6.37. The third kappa shape index (κ3) is 4.67. The summed E-state index contributed by atoms with van der Waals surface area (Å²) < 4.78 is 5.79. The summed E-state index contributed by atoms with van der Waals surface area (Å²) >= 11 is 15.1. The van der Waals surface area contributed by atoms with E-state index < -0.39 is 0 Å². The van der Waals surface area contributed by atoms with Gasteiger partial charge in [0.2, 0.25) is 5.13 Å². The van der Waals surface area contributed by atoms with E-state index in [0.717, 1.165) is 5.56 Å². The van der Waals surface area contributed by atoms with Gasteiger partial charge in [0, 0.05) is 21.4 Å². The molecule has 1 heterocycles. The lowest BCUT2D eigenvalue weighted by Gasteiger charge is -2.04. The van der Waals surface area contributed by atoms with E-state index in [0.29, 0.717) is 36.6 Å². The topological polar surface area (TPSA) is 64.1 Å². The molecule has 0 aliphatic heterocycles. The highest BCUT2D eigenvalue weighted by Crippen LogP contribution is 2.33. The molecule has 0 unspecified atom stereocenters. The van der Waals surface area contributed by atoms with Crippen molar-refractivity contribution in [2.45, 2.75) is 10.1 Å². The van der Waals surface area contributed by atoms with E-state index in [9.17, 15) is 4.79 Å². The molecule has 134 valence electrons. The highest BCUT2D eigenvalue weighted by Gasteiger charge is 2.12. The molecule has 3 rings (SSSR count). The van der Waals surface area contributed by atoms with Crippen molar-refractivity contribution in [2.75, 3.05) is 12.4 Å². The van der Waals surface area contributed by atoms with Gasteiger partial charge in [-0.25, -0.2) is 0 Å². The van der Waals surface area contributed by atoms with Crippen LogP contribution in [-0.2, 0) is 5.75 Å². The van der Waals surface area contributed by atoms with Gasteiger partial charge < -0.3 is 4.74 Å². The van der Waals surface area contributed by atoms with Crippen LogP contribution in [0.3, 0.4) is 0 Å². The maximum Gasteiger partial charge on any atom is 0.257 e. The second kappa shape index (κ2) is 8.73. The standard InChI is InChI=1S/C17H13Cl2N3O2S2/c1-24-11-7-5-10(6-8-11)15(23)20-16-21-22-17(26-16)25-9-12-13(18)3-2-4-14(12)19/h2-8H,9H2,1H3,(H,20,21,23). The molecule has 26 heavy (non-hydrogen) atoms. The summed E-state index contributed by atoms with van der Waals surface area (Å²) in [7, 11) is 1.57. The summed E-state index contributed by atoms with van der Waals surface area (Å²) in [6.45, 7) is 0.